The molecule has 2 aromatic carbocycles. The minimum Gasteiger partial charge on any atom is -0.310 e. The van der Waals surface area contributed by atoms with Crippen LogP contribution in [-0.4, -0.2) is 6.54 Å². The Morgan fingerprint density at radius 1 is 0.889 bits per heavy atom. The van der Waals surface area contributed by atoms with Crippen molar-refractivity contribution in [1.82, 2.24) is 5.32 Å². The predicted octanol–water partition coefficient (Wildman–Crippen LogP) is 4.02. The van der Waals surface area contributed by atoms with E-state index in [1.807, 2.05) is 0 Å². The Balaban J connectivity index is 1.85. The van der Waals surface area contributed by atoms with Crippen LogP contribution >= 0.6 is 0 Å². The van der Waals surface area contributed by atoms with Crippen LogP contribution < -0.4 is 5.32 Å². The summed E-state index contributed by atoms with van der Waals surface area (Å²) >= 11 is 0. The summed E-state index contributed by atoms with van der Waals surface area (Å²) in [6.45, 7) is 3.47. The molecule has 0 aromatic heterocycles. The Hall–Kier alpha value is -1.60. The Morgan fingerprint density at radius 2 is 1.56 bits per heavy atom. The van der Waals surface area contributed by atoms with E-state index >= 15 is 0 Å². The average Bonchev–Trinajstić information content (AvgIpc) is 2.86. The highest BCUT2D eigenvalue weighted by Gasteiger charge is 2.23. The van der Waals surface area contributed by atoms with Crippen molar-refractivity contribution in [2.24, 2.45) is 5.92 Å². The minimum absolute atomic E-state index is 0.537. The van der Waals surface area contributed by atoms with Crippen LogP contribution in [-0.2, 0) is 0 Å². The molecule has 1 fully saturated rings. The number of rotatable bonds is 2. The van der Waals surface area contributed by atoms with Gasteiger partial charge in [0.15, 0.2) is 0 Å². The lowest BCUT2D eigenvalue weighted by Crippen LogP contribution is -2.16. The Kier molecular flexibility index (Phi) is 3.16. The molecule has 2 unspecified atom stereocenters. The molecular formula is C17H19N. The van der Waals surface area contributed by atoms with Crippen molar-refractivity contribution in [3.05, 3.63) is 60.2 Å². The normalized spacial score (nSPS) is 23.2. The van der Waals surface area contributed by atoms with Crippen LogP contribution in [0, 0.1) is 5.92 Å². The van der Waals surface area contributed by atoms with Gasteiger partial charge in [0, 0.05) is 6.04 Å². The van der Waals surface area contributed by atoms with Crippen molar-refractivity contribution >= 4 is 0 Å². The molecule has 1 saturated heterocycles. The largest absolute Gasteiger partial charge is 0.310 e. The first-order chi connectivity index (χ1) is 8.84. The lowest BCUT2D eigenvalue weighted by Gasteiger charge is -2.16. The maximum atomic E-state index is 3.58. The Morgan fingerprint density at radius 3 is 2.17 bits per heavy atom. The highest BCUT2D eigenvalue weighted by atomic mass is 14.9. The lowest BCUT2D eigenvalue weighted by atomic mass is 9.94. The van der Waals surface area contributed by atoms with Crippen LogP contribution in [0.15, 0.2) is 54.6 Å². The third kappa shape index (κ3) is 2.19. The molecule has 0 amide bonds. The van der Waals surface area contributed by atoms with E-state index < -0.39 is 0 Å². The quantitative estimate of drug-likeness (QED) is 0.831. The fraction of sp³-hybridized carbons (Fsp3) is 0.294. The van der Waals surface area contributed by atoms with Crippen molar-refractivity contribution in [3.63, 3.8) is 0 Å². The summed E-state index contributed by atoms with van der Waals surface area (Å²) < 4.78 is 0. The Bertz CT molecular complexity index is 501. The summed E-state index contributed by atoms with van der Waals surface area (Å²) in [6, 6.07) is 20.1. The second kappa shape index (κ2) is 4.95. The highest BCUT2D eigenvalue weighted by molar-refractivity contribution is 5.63. The van der Waals surface area contributed by atoms with Gasteiger partial charge < -0.3 is 5.32 Å². The van der Waals surface area contributed by atoms with Gasteiger partial charge in [0.1, 0.15) is 0 Å². The number of nitrogens with one attached hydrogen (secondary N) is 1. The first kappa shape index (κ1) is 11.5. The molecule has 92 valence electrons. The van der Waals surface area contributed by atoms with Crippen LogP contribution in [0.5, 0.6) is 0 Å². The van der Waals surface area contributed by atoms with Crippen LogP contribution in [0.3, 0.4) is 0 Å². The van der Waals surface area contributed by atoms with Gasteiger partial charge >= 0.3 is 0 Å². The van der Waals surface area contributed by atoms with Crippen LogP contribution in [0.1, 0.15) is 24.9 Å². The average molecular weight is 237 g/mol. The zero-order valence-electron chi connectivity index (χ0n) is 10.8. The van der Waals surface area contributed by atoms with Gasteiger partial charge in [-0.25, -0.2) is 0 Å². The third-order valence-corrected chi connectivity index (χ3v) is 3.91. The maximum absolute atomic E-state index is 3.58. The zero-order chi connectivity index (χ0) is 12.4. The summed E-state index contributed by atoms with van der Waals surface area (Å²) in [5.74, 6) is 0.743. The lowest BCUT2D eigenvalue weighted by molar-refractivity contribution is 0.504. The topological polar surface area (TPSA) is 12.0 Å². The molecule has 3 rings (SSSR count). The molecule has 1 N–H and O–H groups in total. The molecular weight excluding hydrogens is 218 g/mol. The summed E-state index contributed by atoms with van der Waals surface area (Å²) in [5, 5.41) is 3.58. The van der Waals surface area contributed by atoms with Gasteiger partial charge in [-0.1, -0.05) is 61.5 Å². The molecule has 0 bridgehead atoms. The molecule has 2 aromatic rings. The fourth-order valence-corrected chi connectivity index (χ4v) is 2.79. The zero-order valence-corrected chi connectivity index (χ0v) is 10.8. The van der Waals surface area contributed by atoms with Crippen LogP contribution in [0.4, 0.5) is 0 Å². The maximum Gasteiger partial charge on any atom is 0.0346 e. The van der Waals surface area contributed by atoms with Crippen molar-refractivity contribution in [2.45, 2.75) is 19.4 Å². The van der Waals surface area contributed by atoms with E-state index in [0.29, 0.717) is 6.04 Å². The molecule has 0 saturated carbocycles. The van der Waals surface area contributed by atoms with E-state index in [2.05, 4.69) is 66.8 Å². The van der Waals surface area contributed by atoms with Gasteiger partial charge in [-0.2, -0.15) is 0 Å². The van der Waals surface area contributed by atoms with Crippen molar-refractivity contribution in [3.8, 4) is 11.1 Å². The third-order valence-electron chi connectivity index (χ3n) is 3.91. The van der Waals surface area contributed by atoms with Gasteiger partial charge in [0.2, 0.25) is 0 Å². The first-order valence-corrected chi connectivity index (χ1v) is 6.73. The second-order valence-corrected chi connectivity index (χ2v) is 5.19. The second-order valence-electron chi connectivity index (χ2n) is 5.19. The Labute approximate surface area is 109 Å². The summed E-state index contributed by atoms with van der Waals surface area (Å²) in [5.41, 5.74) is 4.00. The van der Waals surface area contributed by atoms with Crippen LogP contribution in [0.2, 0.25) is 0 Å². The molecule has 0 radical (unpaired) electrons. The van der Waals surface area contributed by atoms with E-state index in [4.69, 9.17) is 0 Å². The van der Waals surface area contributed by atoms with Gasteiger partial charge in [-0.15, -0.1) is 0 Å². The molecule has 1 aliphatic rings. The SMILES string of the molecule is CC1CCNC1c1ccc(-c2ccccc2)cc1. The van der Waals surface area contributed by atoms with Gasteiger partial charge in [-0.05, 0) is 35.6 Å². The van der Waals surface area contributed by atoms with Gasteiger partial charge in [0.25, 0.3) is 0 Å². The fourth-order valence-electron chi connectivity index (χ4n) is 2.79. The molecule has 2 atom stereocenters. The monoisotopic (exact) mass is 237 g/mol. The van der Waals surface area contributed by atoms with E-state index in [-0.39, 0.29) is 0 Å². The number of hydrogen-bond donors (Lipinski definition) is 1. The number of benzene rings is 2. The summed E-state index contributed by atoms with van der Waals surface area (Å²) in [6.07, 6.45) is 1.28. The highest BCUT2D eigenvalue weighted by Crippen LogP contribution is 2.30. The van der Waals surface area contributed by atoms with Crippen molar-refractivity contribution in [2.75, 3.05) is 6.54 Å². The van der Waals surface area contributed by atoms with Crippen molar-refractivity contribution in [1.29, 1.82) is 0 Å². The van der Waals surface area contributed by atoms with E-state index in [9.17, 15) is 0 Å². The molecule has 1 aliphatic heterocycles. The van der Waals surface area contributed by atoms with Crippen LogP contribution in [0.25, 0.3) is 11.1 Å². The minimum atomic E-state index is 0.537. The molecule has 1 nitrogen and oxygen atoms in total. The first-order valence-electron chi connectivity index (χ1n) is 6.73. The van der Waals surface area contributed by atoms with E-state index in [1.165, 1.54) is 23.1 Å². The molecule has 0 aliphatic carbocycles. The van der Waals surface area contributed by atoms with Gasteiger partial charge in [-0.3, -0.25) is 0 Å². The summed E-state index contributed by atoms with van der Waals surface area (Å²) in [4.78, 5) is 0. The van der Waals surface area contributed by atoms with E-state index in [0.717, 1.165) is 12.5 Å². The van der Waals surface area contributed by atoms with E-state index in [1.54, 1.807) is 0 Å². The standard InChI is InChI=1S/C17H19N/c1-13-11-12-18-17(13)16-9-7-15(8-10-16)14-5-3-2-4-6-14/h2-10,13,17-18H,11-12H2,1H3. The molecule has 18 heavy (non-hydrogen) atoms. The van der Waals surface area contributed by atoms with Gasteiger partial charge in [0.05, 0.1) is 0 Å². The van der Waals surface area contributed by atoms with Crippen molar-refractivity contribution < 1.29 is 0 Å². The predicted molar refractivity (Wildman–Crippen MR) is 76.4 cm³/mol. The smallest absolute Gasteiger partial charge is 0.0346 e. The molecule has 1 heterocycles. The summed E-state index contributed by atoms with van der Waals surface area (Å²) in [7, 11) is 0. The molecule has 0 spiro atoms. The number of hydrogen-bond acceptors (Lipinski definition) is 1. The molecule has 1 heteroatoms.